The van der Waals surface area contributed by atoms with Gasteiger partial charge in [-0.1, -0.05) is 0 Å². The van der Waals surface area contributed by atoms with E-state index in [2.05, 4.69) is 31.9 Å². The quantitative estimate of drug-likeness (QED) is 0.370. The van der Waals surface area contributed by atoms with E-state index in [1.54, 1.807) is 35.5 Å². The highest BCUT2D eigenvalue weighted by molar-refractivity contribution is 5.77. The number of carbonyl (C=O) groups is 1. The van der Waals surface area contributed by atoms with Crippen LogP contribution in [0.1, 0.15) is 6.92 Å². The van der Waals surface area contributed by atoms with Gasteiger partial charge < -0.3 is 14.7 Å². The number of nitrogens with zero attached hydrogens (tertiary/aromatic N) is 8. The fourth-order valence-corrected chi connectivity index (χ4v) is 4.28. The zero-order valence-electron chi connectivity index (χ0n) is 21.3. The molecule has 9 nitrogen and oxygen atoms in total. The van der Waals surface area contributed by atoms with E-state index in [0.717, 1.165) is 18.2 Å². The predicted molar refractivity (Wildman–Crippen MR) is 141 cm³/mol. The maximum absolute atomic E-state index is 13.5. The first-order valence-corrected chi connectivity index (χ1v) is 12.4. The molecule has 1 fully saturated rings. The normalized spacial score (nSPS) is 13.6. The third kappa shape index (κ3) is 5.46. The molecule has 38 heavy (non-hydrogen) atoms. The first-order chi connectivity index (χ1) is 18.4. The molecule has 0 unspecified atom stereocenters. The van der Waals surface area contributed by atoms with Gasteiger partial charge in [-0.3, -0.25) is 4.79 Å². The van der Waals surface area contributed by atoms with Gasteiger partial charge in [0, 0.05) is 57.0 Å². The third-order valence-electron chi connectivity index (χ3n) is 6.62. The highest BCUT2D eigenvalue weighted by Gasteiger charge is 2.24. The summed E-state index contributed by atoms with van der Waals surface area (Å²) in [6.07, 6.45) is 1.56. The van der Waals surface area contributed by atoms with Crippen LogP contribution < -0.4 is 9.80 Å². The van der Waals surface area contributed by atoms with Crippen LogP contribution in [0.2, 0.25) is 0 Å². The molecular formula is C27H28F2N8O. The lowest BCUT2D eigenvalue weighted by atomic mass is 10.2. The summed E-state index contributed by atoms with van der Waals surface area (Å²) < 4.78 is 28.5. The molecule has 1 aliphatic rings. The summed E-state index contributed by atoms with van der Waals surface area (Å²) in [4.78, 5) is 32.6. The van der Waals surface area contributed by atoms with Gasteiger partial charge in [0.15, 0.2) is 11.6 Å². The van der Waals surface area contributed by atoms with Crippen molar-refractivity contribution in [1.82, 2.24) is 29.6 Å². The molecule has 2 aromatic carbocycles. The summed E-state index contributed by atoms with van der Waals surface area (Å²) in [6, 6.07) is 13.7. The Bertz CT molecular complexity index is 1400. The zero-order chi connectivity index (χ0) is 26.6. The molecule has 196 valence electrons. The molecule has 0 saturated carbocycles. The summed E-state index contributed by atoms with van der Waals surface area (Å²) in [7, 11) is 1.98. The number of halogens is 2. The minimum absolute atomic E-state index is 0.0279. The number of benzene rings is 2. The summed E-state index contributed by atoms with van der Waals surface area (Å²) in [5.41, 5.74) is 1.24. The Hall–Kier alpha value is -4.41. The molecule has 0 spiro atoms. The molecule has 3 heterocycles. The Morgan fingerprint density at radius 1 is 0.921 bits per heavy atom. The molecule has 0 bridgehead atoms. The average Bonchev–Trinajstić information content (AvgIpc) is 3.37. The van der Waals surface area contributed by atoms with Crippen molar-refractivity contribution in [2.75, 3.05) is 49.6 Å². The van der Waals surface area contributed by atoms with E-state index >= 15 is 0 Å². The van der Waals surface area contributed by atoms with Crippen molar-refractivity contribution in [3.63, 3.8) is 0 Å². The fourth-order valence-electron chi connectivity index (χ4n) is 4.28. The van der Waals surface area contributed by atoms with Gasteiger partial charge in [0.25, 0.3) is 0 Å². The monoisotopic (exact) mass is 518 g/mol. The number of hydrogen-bond donors (Lipinski definition) is 0. The molecule has 0 radical (unpaired) electrons. The average molecular weight is 519 g/mol. The first-order valence-electron chi connectivity index (χ1n) is 12.4. The molecule has 0 aliphatic carbocycles. The topological polar surface area (TPSA) is 83.3 Å². The van der Waals surface area contributed by atoms with Gasteiger partial charge >= 0.3 is 0 Å². The number of hydrogen-bond acceptors (Lipinski definition) is 7. The maximum atomic E-state index is 13.5. The number of amides is 1. The van der Waals surface area contributed by atoms with E-state index in [-0.39, 0.29) is 24.1 Å². The Kier molecular flexibility index (Phi) is 7.25. The molecule has 4 aromatic rings. The van der Waals surface area contributed by atoms with Crippen molar-refractivity contribution in [2.24, 2.45) is 0 Å². The molecule has 5 rings (SSSR count). The van der Waals surface area contributed by atoms with Crippen molar-refractivity contribution in [2.45, 2.75) is 13.5 Å². The lowest BCUT2D eigenvalue weighted by Gasteiger charge is -2.35. The SMILES string of the molecule is CCN(C)c1cc(N2CCN(C(=O)Cn3nc(-c4ccc(F)cc4)nc3-c3ccc(F)cc3)CC2)ncn1. The number of rotatable bonds is 7. The number of carbonyl (C=O) groups excluding carboxylic acids is 1. The van der Waals surface area contributed by atoms with E-state index in [9.17, 15) is 13.6 Å². The maximum Gasteiger partial charge on any atom is 0.244 e. The van der Waals surface area contributed by atoms with Crippen LogP contribution in [0.3, 0.4) is 0 Å². The standard InChI is InChI=1S/C27H28F2N8O/c1-3-34(2)23-16-24(31-18-30-23)35-12-14-36(15-13-35)25(38)17-37-27(20-6-10-22(29)11-7-20)32-26(33-37)19-4-8-21(28)9-5-19/h4-11,16,18H,3,12-15,17H2,1-2H3. The molecule has 2 aromatic heterocycles. The van der Waals surface area contributed by atoms with Crippen molar-refractivity contribution in [3.05, 3.63) is 72.6 Å². The van der Waals surface area contributed by atoms with Gasteiger partial charge in [0.1, 0.15) is 36.1 Å². The Morgan fingerprint density at radius 3 is 2.18 bits per heavy atom. The second-order valence-electron chi connectivity index (χ2n) is 9.05. The third-order valence-corrected chi connectivity index (χ3v) is 6.62. The van der Waals surface area contributed by atoms with E-state index in [1.807, 2.05) is 18.0 Å². The van der Waals surface area contributed by atoms with Crippen LogP contribution in [0.4, 0.5) is 20.4 Å². The Morgan fingerprint density at radius 2 is 1.55 bits per heavy atom. The van der Waals surface area contributed by atoms with Gasteiger partial charge in [-0.05, 0) is 55.5 Å². The number of anilines is 2. The van der Waals surface area contributed by atoms with Gasteiger partial charge in [-0.2, -0.15) is 0 Å². The minimum atomic E-state index is -0.371. The van der Waals surface area contributed by atoms with Crippen LogP contribution >= 0.6 is 0 Å². The van der Waals surface area contributed by atoms with Crippen molar-refractivity contribution in [3.8, 4) is 22.8 Å². The largest absolute Gasteiger partial charge is 0.360 e. The summed E-state index contributed by atoms with van der Waals surface area (Å²) in [5.74, 6) is 1.65. The van der Waals surface area contributed by atoms with E-state index < -0.39 is 0 Å². The van der Waals surface area contributed by atoms with E-state index in [1.165, 1.54) is 28.9 Å². The Balaban J connectivity index is 1.32. The number of aromatic nitrogens is 5. The second kappa shape index (κ2) is 10.9. The van der Waals surface area contributed by atoms with Gasteiger partial charge in [-0.15, -0.1) is 5.10 Å². The van der Waals surface area contributed by atoms with Crippen LogP contribution in [0.25, 0.3) is 22.8 Å². The van der Waals surface area contributed by atoms with Gasteiger partial charge in [0.2, 0.25) is 5.91 Å². The van der Waals surface area contributed by atoms with Gasteiger partial charge in [0.05, 0.1) is 0 Å². The number of piperazine rings is 1. The van der Waals surface area contributed by atoms with Crippen molar-refractivity contribution in [1.29, 1.82) is 0 Å². The Labute approximate surface area is 219 Å². The molecule has 11 heteroatoms. The van der Waals surface area contributed by atoms with Crippen molar-refractivity contribution < 1.29 is 13.6 Å². The second-order valence-corrected chi connectivity index (χ2v) is 9.05. The summed E-state index contributed by atoms with van der Waals surface area (Å²) in [5, 5.41) is 4.55. The first kappa shape index (κ1) is 25.2. The molecular weight excluding hydrogens is 490 g/mol. The molecule has 1 aliphatic heterocycles. The lowest BCUT2D eigenvalue weighted by Crippen LogP contribution is -2.50. The van der Waals surface area contributed by atoms with Gasteiger partial charge in [-0.25, -0.2) is 28.4 Å². The molecule has 0 N–H and O–H groups in total. The smallest absolute Gasteiger partial charge is 0.244 e. The fraction of sp³-hybridized carbons (Fsp3) is 0.296. The van der Waals surface area contributed by atoms with Crippen LogP contribution in [0, 0.1) is 11.6 Å². The van der Waals surface area contributed by atoms with E-state index in [4.69, 9.17) is 0 Å². The lowest BCUT2D eigenvalue weighted by molar-refractivity contribution is -0.132. The zero-order valence-corrected chi connectivity index (χ0v) is 21.3. The highest BCUT2D eigenvalue weighted by atomic mass is 19.1. The van der Waals surface area contributed by atoms with Crippen LogP contribution in [0.15, 0.2) is 60.9 Å². The minimum Gasteiger partial charge on any atom is -0.360 e. The summed E-state index contributed by atoms with van der Waals surface area (Å²) in [6.45, 7) is 5.22. The van der Waals surface area contributed by atoms with Crippen LogP contribution in [-0.2, 0) is 11.3 Å². The van der Waals surface area contributed by atoms with Crippen molar-refractivity contribution >= 4 is 17.5 Å². The predicted octanol–water partition coefficient (Wildman–Crippen LogP) is 3.49. The highest BCUT2D eigenvalue weighted by Crippen LogP contribution is 2.24. The molecule has 0 atom stereocenters. The van der Waals surface area contributed by atoms with Crippen LogP contribution in [-0.4, -0.2) is 75.3 Å². The summed E-state index contributed by atoms with van der Waals surface area (Å²) >= 11 is 0. The van der Waals surface area contributed by atoms with Crippen LogP contribution in [0.5, 0.6) is 0 Å². The molecule has 1 saturated heterocycles. The van der Waals surface area contributed by atoms with E-state index in [0.29, 0.717) is 49.0 Å². The molecule has 1 amide bonds.